The topological polar surface area (TPSA) is 68.7 Å². The molecule has 0 aliphatic heterocycles. The predicted octanol–water partition coefficient (Wildman–Crippen LogP) is 2.89. The average molecular weight is 246 g/mol. The van der Waals surface area contributed by atoms with Crippen molar-refractivity contribution in [3.8, 4) is 11.5 Å². The smallest absolute Gasteiger partial charge is 0.489 e. The van der Waals surface area contributed by atoms with Gasteiger partial charge < -0.3 is 14.6 Å². The molecule has 0 fully saturated rings. The Balaban J connectivity index is 3.05. The number of aryl methyl sites for hydroxylation is 1. The Hall–Kier alpha value is -1.49. The Kier molecular flexibility index (Phi) is 4.37. The number of nitrogens with zero attached hydrogens (tertiary/aromatic N) is 1. The monoisotopic (exact) mass is 245 g/mol. The van der Waals surface area contributed by atoms with E-state index in [9.17, 15) is 4.79 Å². The van der Waals surface area contributed by atoms with Crippen molar-refractivity contribution in [2.45, 2.75) is 20.3 Å². The van der Waals surface area contributed by atoms with Crippen molar-refractivity contribution in [2.75, 3.05) is 6.61 Å². The van der Waals surface area contributed by atoms with Gasteiger partial charge in [-0.15, -0.1) is 0 Å². The summed E-state index contributed by atoms with van der Waals surface area (Å²) in [7, 11) is 0. The second-order valence-corrected chi connectivity index (χ2v) is 3.46. The van der Waals surface area contributed by atoms with Crippen LogP contribution >= 0.6 is 11.6 Å². The Bertz CT molecular complexity index is 395. The lowest BCUT2D eigenvalue weighted by atomic mass is 10.3. The first-order chi connectivity index (χ1) is 7.54. The highest BCUT2D eigenvalue weighted by molar-refractivity contribution is 6.31. The van der Waals surface area contributed by atoms with E-state index in [0.29, 0.717) is 18.1 Å². The maximum absolute atomic E-state index is 10.5. The number of carboxylic acid groups (broad SMARTS) is 1. The summed E-state index contributed by atoms with van der Waals surface area (Å²) in [6.07, 6.45) is -0.653. The van der Waals surface area contributed by atoms with Crippen LogP contribution in [0.3, 0.4) is 0 Å². The normalized spacial score (nSPS) is 9.94. The number of aromatic nitrogens is 1. The lowest BCUT2D eigenvalue weighted by molar-refractivity contribution is 0.142. The molecule has 1 N–H and O–H groups in total. The zero-order chi connectivity index (χ0) is 12.1. The van der Waals surface area contributed by atoms with Gasteiger partial charge in [-0.3, -0.25) is 0 Å². The molecule has 1 aromatic heterocycles. The van der Waals surface area contributed by atoms with Gasteiger partial charge in [0.15, 0.2) is 10.9 Å². The number of ether oxygens (including phenoxy) is 2. The largest absolute Gasteiger partial charge is 0.511 e. The highest BCUT2D eigenvalue weighted by atomic mass is 35.5. The summed E-state index contributed by atoms with van der Waals surface area (Å²) >= 11 is 5.78. The van der Waals surface area contributed by atoms with Gasteiger partial charge in [-0.05, 0) is 13.3 Å². The van der Waals surface area contributed by atoms with E-state index in [1.165, 1.54) is 0 Å². The van der Waals surface area contributed by atoms with Gasteiger partial charge in [0, 0.05) is 11.8 Å². The number of pyridine rings is 1. The van der Waals surface area contributed by atoms with Crippen molar-refractivity contribution in [1.29, 1.82) is 0 Å². The molecule has 0 unspecified atom stereocenters. The SMILES string of the molecule is CCCOc1cc(C)nc(Cl)c1OC(=O)O. The van der Waals surface area contributed by atoms with Crippen LogP contribution in [0.15, 0.2) is 6.07 Å². The standard InChI is InChI=1S/C10H12ClNO4/c1-3-4-15-7-5-6(2)12-9(11)8(7)16-10(13)14/h5H,3-4H2,1-2H3,(H,13,14). The summed E-state index contributed by atoms with van der Waals surface area (Å²) in [6.45, 7) is 4.12. The number of carbonyl (C=O) groups is 1. The van der Waals surface area contributed by atoms with E-state index >= 15 is 0 Å². The zero-order valence-electron chi connectivity index (χ0n) is 8.99. The molecule has 1 aromatic rings. The van der Waals surface area contributed by atoms with Crippen LogP contribution in [0, 0.1) is 6.92 Å². The highest BCUT2D eigenvalue weighted by Gasteiger charge is 2.15. The maximum Gasteiger partial charge on any atom is 0.511 e. The molecule has 1 heterocycles. The second kappa shape index (κ2) is 5.55. The molecule has 0 aromatic carbocycles. The fourth-order valence-corrected chi connectivity index (χ4v) is 1.36. The van der Waals surface area contributed by atoms with Gasteiger partial charge in [0.2, 0.25) is 5.75 Å². The first kappa shape index (κ1) is 12.6. The van der Waals surface area contributed by atoms with Gasteiger partial charge >= 0.3 is 6.16 Å². The van der Waals surface area contributed by atoms with Crippen LogP contribution in [-0.2, 0) is 0 Å². The molecular weight excluding hydrogens is 234 g/mol. The van der Waals surface area contributed by atoms with Gasteiger partial charge in [-0.25, -0.2) is 9.78 Å². The summed E-state index contributed by atoms with van der Waals surface area (Å²) in [5.74, 6) is 0.231. The van der Waals surface area contributed by atoms with Gasteiger partial charge in [-0.2, -0.15) is 0 Å². The molecular formula is C10H12ClNO4. The third-order valence-corrected chi connectivity index (χ3v) is 1.93. The van der Waals surface area contributed by atoms with Crippen LogP contribution in [0.25, 0.3) is 0 Å². The zero-order valence-corrected chi connectivity index (χ0v) is 9.74. The van der Waals surface area contributed by atoms with Crippen molar-refractivity contribution in [2.24, 2.45) is 0 Å². The highest BCUT2D eigenvalue weighted by Crippen LogP contribution is 2.34. The minimum atomic E-state index is -1.45. The molecule has 16 heavy (non-hydrogen) atoms. The van der Waals surface area contributed by atoms with Crippen LogP contribution in [0.4, 0.5) is 4.79 Å². The number of halogens is 1. The fourth-order valence-electron chi connectivity index (χ4n) is 1.09. The first-order valence-corrected chi connectivity index (χ1v) is 5.13. The molecule has 0 saturated carbocycles. The van der Waals surface area contributed by atoms with Crippen LogP contribution in [0.2, 0.25) is 5.15 Å². The molecule has 0 radical (unpaired) electrons. The Morgan fingerprint density at radius 2 is 2.31 bits per heavy atom. The molecule has 1 rings (SSSR count). The summed E-state index contributed by atoms with van der Waals surface area (Å²) in [4.78, 5) is 14.4. The van der Waals surface area contributed by atoms with Crippen molar-refractivity contribution >= 4 is 17.8 Å². The Labute approximate surface area is 98.0 Å². The molecule has 5 nitrogen and oxygen atoms in total. The van der Waals surface area contributed by atoms with Crippen molar-refractivity contribution in [3.05, 3.63) is 16.9 Å². The summed E-state index contributed by atoms with van der Waals surface area (Å²) in [6, 6.07) is 1.58. The second-order valence-electron chi connectivity index (χ2n) is 3.10. The van der Waals surface area contributed by atoms with Crippen molar-refractivity contribution < 1.29 is 19.4 Å². The molecule has 0 aliphatic rings. The summed E-state index contributed by atoms with van der Waals surface area (Å²) in [5, 5.41) is 8.53. The molecule has 88 valence electrons. The quantitative estimate of drug-likeness (QED) is 0.652. The van der Waals surface area contributed by atoms with Gasteiger partial charge in [-0.1, -0.05) is 18.5 Å². The minimum absolute atomic E-state index is 0.0199. The van der Waals surface area contributed by atoms with Gasteiger partial charge in [0.25, 0.3) is 0 Å². The Morgan fingerprint density at radius 1 is 1.62 bits per heavy atom. The van der Waals surface area contributed by atoms with Crippen LogP contribution in [0.5, 0.6) is 11.5 Å². The molecule has 6 heteroatoms. The van der Waals surface area contributed by atoms with E-state index in [4.69, 9.17) is 21.4 Å². The molecule has 0 bridgehead atoms. The number of hydrogen-bond acceptors (Lipinski definition) is 4. The average Bonchev–Trinajstić information content (AvgIpc) is 2.19. The predicted molar refractivity (Wildman–Crippen MR) is 58.4 cm³/mol. The first-order valence-electron chi connectivity index (χ1n) is 4.75. The molecule has 0 spiro atoms. The summed E-state index contributed by atoms with van der Waals surface area (Å²) in [5.41, 5.74) is 0.633. The number of hydrogen-bond donors (Lipinski definition) is 1. The van der Waals surface area contributed by atoms with Gasteiger partial charge in [0.1, 0.15) is 0 Å². The minimum Gasteiger partial charge on any atom is -0.489 e. The van der Waals surface area contributed by atoms with E-state index in [2.05, 4.69) is 9.72 Å². The summed E-state index contributed by atoms with van der Waals surface area (Å²) < 4.78 is 9.86. The number of rotatable bonds is 4. The van der Waals surface area contributed by atoms with Crippen LogP contribution in [-0.4, -0.2) is 22.9 Å². The van der Waals surface area contributed by atoms with Crippen LogP contribution in [0.1, 0.15) is 19.0 Å². The molecule has 0 amide bonds. The lowest BCUT2D eigenvalue weighted by Crippen LogP contribution is -2.07. The van der Waals surface area contributed by atoms with Crippen molar-refractivity contribution in [3.63, 3.8) is 0 Å². The molecule has 0 atom stereocenters. The van der Waals surface area contributed by atoms with E-state index < -0.39 is 6.16 Å². The van der Waals surface area contributed by atoms with E-state index in [1.807, 2.05) is 6.92 Å². The molecule has 0 aliphatic carbocycles. The van der Waals surface area contributed by atoms with E-state index in [1.54, 1.807) is 13.0 Å². The third-order valence-electron chi connectivity index (χ3n) is 1.68. The fraction of sp³-hybridized carbons (Fsp3) is 0.400. The third kappa shape index (κ3) is 3.27. The van der Waals surface area contributed by atoms with Crippen LogP contribution < -0.4 is 9.47 Å². The van der Waals surface area contributed by atoms with E-state index in [-0.39, 0.29) is 10.9 Å². The van der Waals surface area contributed by atoms with Crippen molar-refractivity contribution in [1.82, 2.24) is 4.98 Å². The van der Waals surface area contributed by atoms with E-state index in [0.717, 1.165) is 6.42 Å². The van der Waals surface area contributed by atoms with Gasteiger partial charge in [0.05, 0.1) is 6.61 Å². The molecule has 0 saturated heterocycles. The lowest BCUT2D eigenvalue weighted by Gasteiger charge is -2.11. The Morgan fingerprint density at radius 3 is 2.88 bits per heavy atom. The maximum atomic E-state index is 10.5.